The Morgan fingerprint density at radius 1 is 1.19 bits per heavy atom. The second kappa shape index (κ2) is 8.33. The van der Waals surface area contributed by atoms with Crippen LogP contribution in [-0.2, 0) is 4.74 Å². The van der Waals surface area contributed by atoms with Crippen molar-refractivity contribution >= 4 is 11.9 Å². The molecule has 3 rings (SSSR count). The fourth-order valence-electron chi connectivity index (χ4n) is 3.27. The van der Waals surface area contributed by atoms with Gasteiger partial charge in [0.05, 0.1) is 18.3 Å². The summed E-state index contributed by atoms with van der Waals surface area (Å²) in [5.41, 5.74) is 1.65. The molecule has 0 bridgehead atoms. The smallest absolute Gasteiger partial charge is 0.338 e. The first kappa shape index (κ1) is 19.1. The Balaban J connectivity index is 1.70. The predicted molar refractivity (Wildman–Crippen MR) is 103 cm³/mol. The quantitative estimate of drug-likeness (QED) is 0.703. The third-order valence-electron chi connectivity index (χ3n) is 4.82. The van der Waals surface area contributed by atoms with Crippen LogP contribution < -0.4 is 10.6 Å². The number of methoxy groups -OCH3 is 1. The molecule has 2 aromatic rings. The highest BCUT2D eigenvalue weighted by atomic mass is 16.5. The normalized spacial score (nSPS) is 19.3. The summed E-state index contributed by atoms with van der Waals surface area (Å²) in [6.45, 7) is 1.59. The third kappa shape index (κ3) is 4.53. The number of β-amino-alcohol motifs (C(OH)–C–C–N with tert-alkyl or cyclic N) is 1. The van der Waals surface area contributed by atoms with Gasteiger partial charge in [-0.05, 0) is 48.7 Å². The van der Waals surface area contributed by atoms with Gasteiger partial charge in [0.15, 0.2) is 0 Å². The largest absolute Gasteiger partial charge is 0.465 e. The molecule has 1 fully saturated rings. The fourth-order valence-corrected chi connectivity index (χ4v) is 3.27. The molecular formula is C21H24N2O4. The minimum Gasteiger partial charge on any atom is -0.465 e. The van der Waals surface area contributed by atoms with Crippen LogP contribution in [0.1, 0.15) is 33.6 Å². The monoisotopic (exact) mass is 368 g/mol. The molecule has 1 aliphatic rings. The van der Waals surface area contributed by atoms with Crippen molar-refractivity contribution in [3.8, 4) is 11.1 Å². The molecule has 0 unspecified atom stereocenters. The van der Waals surface area contributed by atoms with Gasteiger partial charge in [-0.3, -0.25) is 4.79 Å². The molecule has 0 saturated carbocycles. The van der Waals surface area contributed by atoms with Gasteiger partial charge >= 0.3 is 5.97 Å². The van der Waals surface area contributed by atoms with E-state index in [4.69, 9.17) is 4.74 Å². The molecule has 6 heteroatoms. The molecule has 142 valence electrons. The van der Waals surface area contributed by atoms with Gasteiger partial charge in [0.2, 0.25) is 0 Å². The minimum atomic E-state index is -0.896. The van der Waals surface area contributed by atoms with Crippen LogP contribution in [0.2, 0.25) is 0 Å². The molecule has 0 aliphatic carbocycles. The van der Waals surface area contributed by atoms with Gasteiger partial charge in [-0.15, -0.1) is 0 Å². The van der Waals surface area contributed by atoms with E-state index in [-0.39, 0.29) is 12.5 Å². The van der Waals surface area contributed by atoms with E-state index in [9.17, 15) is 14.7 Å². The lowest BCUT2D eigenvalue weighted by atomic mass is 9.94. The van der Waals surface area contributed by atoms with Crippen molar-refractivity contribution in [3.05, 3.63) is 59.7 Å². The molecule has 2 aromatic carbocycles. The van der Waals surface area contributed by atoms with Crippen LogP contribution in [-0.4, -0.2) is 49.3 Å². The number of hydrogen-bond acceptors (Lipinski definition) is 5. The zero-order chi connectivity index (χ0) is 19.3. The SMILES string of the molecule is COC(=O)c1ccccc1-c1ccc(C(=O)NC[C@@]2(O)CCCNC2)cc1. The van der Waals surface area contributed by atoms with E-state index in [0.717, 1.165) is 24.1 Å². The van der Waals surface area contributed by atoms with Gasteiger partial charge in [-0.1, -0.05) is 30.3 Å². The van der Waals surface area contributed by atoms with Crippen molar-refractivity contribution in [1.29, 1.82) is 0 Å². The molecule has 1 aliphatic heterocycles. The second-order valence-corrected chi connectivity index (χ2v) is 6.80. The Morgan fingerprint density at radius 3 is 2.59 bits per heavy atom. The Morgan fingerprint density at radius 2 is 1.93 bits per heavy atom. The molecule has 1 saturated heterocycles. The van der Waals surface area contributed by atoms with Gasteiger partial charge in [0.1, 0.15) is 0 Å². The average molecular weight is 368 g/mol. The number of esters is 1. The molecule has 0 radical (unpaired) electrons. The Labute approximate surface area is 158 Å². The summed E-state index contributed by atoms with van der Waals surface area (Å²) >= 11 is 0. The first-order chi connectivity index (χ1) is 13.0. The first-order valence-corrected chi connectivity index (χ1v) is 9.01. The number of carbonyl (C=O) groups is 2. The van der Waals surface area contributed by atoms with Crippen LogP contribution in [0.5, 0.6) is 0 Å². The zero-order valence-corrected chi connectivity index (χ0v) is 15.3. The van der Waals surface area contributed by atoms with Crippen LogP contribution in [0.15, 0.2) is 48.5 Å². The summed E-state index contributed by atoms with van der Waals surface area (Å²) in [5, 5.41) is 16.4. The Hall–Kier alpha value is -2.70. The van der Waals surface area contributed by atoms with Crippen LogP contribution >= 0.6 is 0 Å². The van der Waals surface area contributed by atoms with Crippen molar-refractivity contribution in [3.63, 3.8) is 0 Å². The fraction of sp³-hybridized carbons (Fsp3) is 0.333. The summed E-state index contributed by atoms with van der Waals surface area (Å²) in [7, 11) is 1.35. The van der Waals surface area contributed by atoms with E-state index in [1.165, 1.54) is 7.11 Å². The summed E-state index contributed by atoms with van der Waals surface area (Å²) in [6.07, 6.45) is 1.56. The number of piperidine rings is 1. The van der Waals surface area contributed by atoms with Crippen molar-refractivity contribution in [2.75, 3.05) is 26.7 Å². The molecule has 6 nitrogen and oxygen atoms in total. The van der Waals surface area contributed by atoms with E-state index >= 15 is 0 Å². The topological polar surface area (TPSA) is 87.7 Å². The number of ether oxygens (including phenoxy) is 1. The number of nitrogens with one attached hydrogen (secondary N) is 2. The second-order valence-electron chi connectivity index (χ2n) is 6.80. The van der Waals surface area contributed by atoms with Crippen molar-refractivity contribution in [2.45, 2.75) is 18.4 Å². The van der Waals surface area contributed by atoms with E-state index in [2.05, 4.69) is 10.6 Å². The van der Waals surface area contributed by atoms with Crippen molar-refractivity contribution < 1.29 is 19.4 Å². The zero-order valence-electron chi connectivity index (χ0n) is 15.3. The number of aliphatic hydroxyl groups is 1. The lowest BCUT2D eigenvalue weighted by molar-refractivity contribution is 0.0170. The molecule has 1 amide bonds. The van der Waals surface area contributed by atoms with Crippen LogP contribution in [0.25, 0.3) is 11.1 Å². The van der Waals surface area contributed by atoms with Gasteiger partial charge < -0.3 is 20.5 Å². The van der Waals surface area contributed by atoms with E-state index in [0.29, 0.717) is 24.1 Å². The molecule has 0 aromatic heterocycles. The van der Waals surface area contributed by atoms with Crippen LogP contribution in [0.3, 0.4) is 0 Å². The number of carbonyl (C=O) groups excluding carboxylic acids is 2. The Bertz CT molecular complexity index is 811. The van der Waals surface area contributed by atoms with Gasteiger partial charge in [-0.25, -0.2) is 4.79 Å². The molecular weight excluding hydrogens is 344 g/mol. The average Bonchev–Trinajstić information content (AvgIpc) is 2.72. The predicted octanol–water partition coefficient (Wildman–Crippen LogP) is 1.98. The Kier molecular flexibility index (Phi) is 5.88. The van der Waals surface area contributed by atoms with Crippen molar-refractivity contribution in [2.24, 2.45) is 0 Å². The summed E-state index contributed by atoms with van der Waals surface area (Å²) in [4.78, 5) is 24.3. The molecule has 0 spiro atoms. The highest BCUT2D eigenvalue weighted by Crippen LogP contribution is 2.24. The van der Waals surface area contributed by atoms with Gasteiger partial charge in [0, 0.05) is 18.7 Å². The van der Waals surface area contributed by atoms with Gasteiger partial charge in [0.25, 0.3) is 5.91 Å². The molecule has 27 heavy (non-hydrogen) atoms. The highest BCUT2D eigenvalue weighted by Gasteiger charge is 2.29. The minimum absolute atomic E-state index is 0.214. The highest BCUT2D eigenvalue weighted by molar-refractivity contribution is 5.98. The van der Waals surface area contributed by atoms with E-state index in [1.54, 1.807) is 36.4 Å². The third-order valence-corrected chi connectivity index (χ3v) is 4.82. The van der Waals surface area contributed by atoms with E-state index < -0.39 is 11.6 Å². The maximum atomic E-state index is 12.4. The van der Waals surface area contributed by atoms with Gasteiger partial charge in [-0.2, -0.15) is 0 Å². The van der Waals surface area contributed by atoms with Crippen molar-refractivity contribution in [1.82, 2.24) is 10.6 Å². The van der Waals surface area contributed by atoms with E-state index in [1.807, 2.05) is 12.1 Å². The molecule has 1 atom stereocenters. The lowest BCUT2D eigenvalue weighted by Crippen LogP contribution is -2.52. The lowest BCUT2D eigenvalue weighted by Gasteiger charge is -2.32. The number of hydrogen-bond donors (Lipinski definition) is 3. The summed E-state index contributed by atoms with van der Waals surface area (Å²) in [6, 6.07) is 14.2. The number of amides is 1. The maximum Gasteiger partial charge on any atom is 0.338 e. The molecule has 1 heterocycles. The number of benzene rings is 2. The number of rotatable bonds is 5. The maximum absolute atomic E-state index is 12.4. The molecule has 3 N–H and O–H groups in total. The summed E-state index contributed by atoms with van der Waals surface area (Å²) < 4.78 is 4.83. The summed E-state index contributed by atoms with van der Waals surface area (Å²) in [5.74, 6) is -0.636. The van der Waals surface area contributed by atoms with Crippen LogP contribution in [0.4, 0.5) is 0 Å². The standard InChI is InChI=1S/C21H24N2O4/c1-27-20(25)18-6-3-2-5-17(18)15-7-9-16(10-8-15)19(24)23-14-21(26)11-4-12-22-13-21/h2-3,5-10,22,26H,4,11-14H2,1H3,(H,23,24)/t21-/m1/s1. The van der Waals surface area contributed by atoms with Crippen LogP contribution in [0, 0.1) is 0 Å². The first-order valence-electron chi connectivity index (χ1n) is 9.01.